The molecule has 0 saturated heterocycles. The highest BCUT2D eigenvalue weighted by Gasteiger charge is 2.32. The summed E-state index contributed by atoms with van der Waals surface area (Å²) in [5, 5.41) is 14.1. The second-order valence-corrected chi connectivity index (χ2v) is 11.9. The largest absolute Gasteiger partial charge is 0.445 e. The lowest BCUT2D eigenvalue weighted by Gasteiger charge is -2.32. The number of alkyl carbamates (subject to hydrolysis) is 1. The average molecular weight is 540 g/mol. The molecule has 0 bridgehead atoms. The summed E-state index contributed by atoms with van der Waals surface area (Å²) in [7, 11) is -3.98. The van der Waals surface area contributed by atoms with Gasteiger partial charge in [-0.15, -0.1) is 0 Å². The van der Waals surface area contributed by atoms with E-state index in [-0.39, 0.29) is 26.1 Å². The van der Waals surface area contributed by atoms with Crippen LogP contribution in [0.2, 0.25) is 0 Å². The molecular formula is C29H37N3O5S. The van der Waals surface area contributed by atoms with E-state index in [1.54, 1.807) is 20.8 Å². The summed E-state index contributed by atoms with van der Waals surface area (Å²) in [6.07, 6.45) is -1.63. The molecule has 0 unspecified atom stereocenters. The van der Waals surface area contributed by atoms with Gasteiger partial charge in [0.15, 0.2) is 0 Å². The molecule has 3 aromatic carbocycles. The van der Waals surface area contributed by atoms with E-state index in [0.717, 1.165) is 16.7 Å². The van der Waals surface area contributed by atoms with E-state index >= 15 is 0 Å². The second kappa shape index (κ2) is 13.5. The van der Waals surface area contributed by atoms with Gasteiger partial charge in [-0.3, -0.25) is 0 Å². The van der Waals surface area contributed by atoms with Crippen LogP contribution in [0.3, 0.4) is 0 Å². The summed E-state index contributed by atoms with van der Waals surface area (Å²) in [5.41, 5.74) is 1.76. The van der Waals surface area contributed by atoms with Crippen LogP contribution in [-0.2, 0) is 34.5 Å². The molecule has 0 radical (unpaired) electrons. The number of aliphatic hydroxyl groups excluding tert-OH is 1. The molecule has 3 N–H and O–H groups in total. The fourth-order valence-electron chi connectivity index (χ4n) is 3.89. The summed E-state index contributed by atoms with van der Waals surface area (Å²) in [5.74, 6) is 0. The predicted octanol–water partition coefficient (Wildman–Crippen LogP) is 4.02. The molecule has 0 saturated carbocycles. The maximum Gasteiger partial charge on any atom is 0.407 e. The molecule has 0 fully saturated rings. The molecule has 1 amide bonds. The predicted molar refractivity (Wildman–Crippen MR) is 148 cm³/mol. The highest BCUT2D eigenvalue weighted by atomic mass is 32.2. The first kappa shape index (κ1) is 29.3. The Morgan fingerprint density at radius 3 is 1.89 bits per heavy atom. The summed E-state index contributed by atoms with van der Waals surface area (Å²) >= 11 is 0. The minimum atomic E-state index is -3.98. The maximum absolute atomic E-state index is 13.3. The Hall–Kier alpha value is -3.24. The zero-order chi connectivity index (χ0) is 27.6. The first-order valence-electron chi connectivity index (χ1n) is 12.5. The van der Waals surface area contributed by atoms with Crippen molar-refractivity contribution in [2.75, 3.05) is 6.54 Å². The van der Waals surface area contributed by atoms with Crippen molar-refractivity contribution in [2.45, 2.75) is 58.0 Å². The lowest BCUT2D eigenvalue weighted by molar-refractivity contribution is 0.0875. The van der Waals surface area contributed by atoms with E-state index in [2.05, 4.69) is 10.0 Å². The van der Waals surface area contributed by atoms with E-state index in [0.29, 0.717) is 0 Å². The van der Waals surface area contributed by atoms with Gasteiger partial charge < -0.3 is 15.2 Å². The highest BCUT2D eigenvalue weighted by molar-refractivity contribution is 7.87. The van der Waals surface area contributed by atoms with Crippen LogP contribution in [0.5, 0.6) is 0 Å². The molecule has 0 aliphatic carbocycles. The third-order valence-electron chi connectivity index (χ3n) is 5.65. The topological polar surface area (TPSA) is 108 Å². The average Bonchev–Trinajstić information content (AvgIpc) is 2.87. The van der Waals surface area contributed by atoms with Crippen LogP contribution in [0.4, 0.5) is 4.79 Å². The number of carbonyl (C=O) groups is 1. The Kier molecular flexibility index (Phi) is 10.4. The Morgan fingerprint density at radius 1 is 0.868 bits per heavy atom. The van der Waals surface area contributed by atoms with Gasteiger partial charge in [0.05, 0.1) is 12.1 Å². The van der Waals surface area contributed by atoms with Crippen molar-refractivity contribution in [3.8, 4) is 0 Å². The number of nitrogens with one attached hydrogen (secondary N) is 2. The van der Waals surface area contributed by atoms with Gasteiger partial charge in [0.2, 0.25) is 0 Å². The van der Waals surface area contributed by atoms with E-state index in [4.69, 9.17) is 4.74 Å². The minimum Gasteiger partial charge on any atom is -0.445 e. The second-order valence-electron chi connectivity index (χ2n) is 10.2. The molecule has 0 aliphatic heterocycles. The molecule has 0 aromatic heterocycles. The number of hydrogen-bond acceptors (Lipinski definition) is 5. The van der Waals surface area contributed by atoms with Crippen LogP contribution in [0.15, 0.2) is 91.0 Å². The molecule has 0 aliphatic rings. The van der Waals surface area contributed by atoms with Crippen LogP contribution in [0.1, 0.15) is 37.5 Å². The molecule has 9 heteroatoms. The Labute approximate surface area is 225 Å². The van der Waals surface area contributed by atoms with Crippen LogP contribution in [-0.4, -0.2) is 48.2 Å². The molecule has 0 spiro atoms. The molecular weight excluding hydrogens is 502 g/mol. The van der Waals surface area contributed by atoms with E-state index in [1.165, 1.54) is 4.31 Å². The molecule has 0 heterocycles. The molecule has 38 heavy (non-hydrogen) atoms. The van der Waals surface area contributed by atoms with Gasteiger partial charge in [-0.1, -0.05) is 91.0 Å². The normalized spacial score (nSPS) is 13.6. The van der Waals surface area contributed by atoms with Crippen LogP contribution in [0.25, 0.3) is 0 Å². The number of amides is 1. The van der Waals surface area contributed by atoms with Gasteiger partial charge in [0, 0.05) is 18.6 Å². The lowest BCUT2D eigenvalue weighted by atomic mass is 10.0. The Bertz CT molecular complexity index is 1230. The summed E-state index contributed by atoms with van der Waals surface area (Å²) in [6, 6.07) is 27.0. The number of ether oxygens (including phenoxy) is 1. The number of benzene rings is 3. The standard InChI is InChI=1S/C29H37N3O5S/c1-29(2,3)31-38(35,36)32(20-24-15-9-5-10-16-24)21-27(33)26(19-23-13-7-4-8-14-23)30-28(34)37-22-25-17-11-6-12-18-25/h4-18,26-27,31,33H,19-22H2,1-3H3,(H,30,34)/t26-,27+/m0/s1. The van der Waals surface area contributed by atoms with E-state index < -0.39 is 34.0 Å². The van der Waals surface area contributed by atoms with Gasteiger partial charge in [0.25, 0.3) is 10.2 Å². The Balaban J connectivity index is 1.79. The van der Waals surface area contributed by atoms with Gasteiger partial charge in [-0.2, -0.15) is 17.4 Å². The van der Waals surface area contributed by atoms with Gasteiger partial charge in [0.1, 0.15) is 6.61 Å². The maximum atomic E-state index is 13.3. The molecule has 2 atom stereocenters. The van der Waals surface area contributed by atoms with E-state index in [9.17, 15) is 18.3 Å². The fourth-order valence-corrected chi connectivity index (χ4v) is 5.46. The van der Waals surface area contributed by atoms with Crippen molar-refractivity contribution in [3.05, 3.63) is 108 Å². The minimum absolute atomic E-state index is 0.0554. The number of hydrogen-bond donors (Lipinski definition) is 3. The van der Waals surface area contributed by atoms with Crippen molar-refractivity contribution in [1.29, 1.82) is 0 Å². The highest BCUT2D eigenvalue weighted by Crippen LogP contribution is 2.15. The first-order chi connectivity index (χ1) is 18.0. The Morgan fingerprint density at radius 2 is 1.37 bits per heavy atom. The van der Waals surface area contributed by atoms with Crippen molar-refractivity contribution >= 4 is 16.3 Å². The van der Waals surface area contributed by atoms with Crippen molar-refractivity contribution in [2.24, 2.45) is 0 Å². The quantitative estimate of drug-likeness (QED) is 0.322. The van der Waals surface area contributed by atoms with E-state index in [1.807, 2.05) is 91.0 Å². The zero-order valence-electron chi connectivity index (χ0n) is 22.1. The lowest BCUT2D eigenvalue weighted by Crippen LogP contribution is -2.54. The van der Waals surface area contributed by atoms with Crippen LogP contribution < -0.4 is 10.0 Å². The van der Waals surface area contributed by atoms with Gasteiger partial charge >= 0.3 is 6.09 Å². The van der Waals surface area contributed by atoms with Crippen LogP contribution in [0, 0.1) is 0 Å². The van der Waals surface area contributed by atoms with Gasteiger partial charge in [-0.05, 0) is 43.9 Å². The summed E-state index contributed by atoms with van der Waals surface area (Å²) < 4.78 is 35.9. The number of nitrogens with zero attached hydrogens (tertiary/aromatic N) is 1. The first-order valence-corrected chi connectivity index (χ1v) is 14.0. The smallest absolute Gasteiger partial charge is 0.407 e. The zero-order valence-corrected chi connectivity index (χ0v) is 22.9. The molecule has 3 aromatic rings. The number of rotatable bonds is 12. The summed E-state index contributed by atoms with van der Waals surface area (Å²) in [4.78, 5) is 12.7. The SMILES string of the molecule is CC(C)(C)NS(=O)(=O)N(Cc1ccccc1)C[C@@H](O)[C@H](Cc1ccccc1)NC(=O)OCc1ccccc1. The summed E-state index contributed by atoms with van der Waals surface area (Å²) in [6.45, 7) is 5.15. The third-order valence-corrected chi connectivity index (χ3v) is 7.47. The molecule has 8 nitrogen and oxygen atoms in total. The molecule has 204 valence electrons. The monoisotopic (exact) mass is 539 g/mol. The number of carbonyl (C=O) groups excluding carboxylic acids is 1. The van der Waals surface area contributed by atoms with Crippen LogP contribution >= 0.6 is 0 Å². The third kappa shape index (κ3) is 9.90. The van der Waals surface area contributed by atoms with Crippen molar-refractivity contribution < 1.29 is 23.1 Å². The fraction of sp³-hybridized carbons (Fsp3) is 0.345. The van der Waals surface area contributed by atoms with Crippen molar-refractivity contribution in [3.63, 3.8) is 0 Å². The van der Waals surface area contributed by atoms with Gasteiger partial charge in [-0.25, -0.2) is 4.79 Å². The van der Waals surface area contributed by atoms with Crippen molar-refractivity contribution in [1.82, 2.24) is 14.3 Å². The molecule has 3 rings (SSSR count). The number of aliphatic hydroxyl groups is 1.